The van der Waals surface area contributed by atoms with Gasteiger partial charge in [-0.25, -0.2) is 4.68 Å². The number of H-pyrrole nitrogens is 1. The summed E-state index contributed by atoms with van der Waals surface area (Å²) in [6.45, 7) is -0.320. The second-order valence-corrected chi connectivity index (χ2v) is 6.77. The summed E-state index contributed by atoms with van der Waals surface area (Å²) in [4.78, 5) is 48.6. The van der Waals surface area contributed by atoms with E-state index in [1.165, 1.54) is 0 Å². The number of aromatic nitrogens is 2. The van der Waals surface area contributed by atoms with Crippen LogP contribution in [0.1, 0.15) is 12.8 Å². The molecule has 4 rings (SSSR count). The van der Waals surface area contributed by atoms with Crippen LogP contribution in [-0.4, -0.2) is 21.6 Å². The molecule has 1 heterocycles. The van der Waals surface area contributed by atoms with Gasteiger partial charge in [0.2, 0.25) is 11.8 Å². The molecule has 142 valence electrons. The molecule has 1 saturated carbocycles. The van der Waals surface area contributed by atoms with Crippen LogP contribution in [0.25, 0.3) is 10.8 Å². The van der Waals surface area contributed by atoms with Crippen molar-refractivity contribution in [1.82, 2.24) is 9.78 Å². The van der Waals surface area contributed by atoms with Gasteiger partial charge in [-0.05, 0) is 49.2 Å². The number of carbonyl (C=O) groups is 2. The van der Waals surface area contributed by atoms with Gasteiger partial charge in [0.1, 0.15) is 6.54 Å². The zero-order chi connectivity index (χ0) is 19.7. The Balaban J connectivity index is 1.45. The molecule has 0 saturated heterocycles. The number of hydrogen-bond acceptors (Lipinski definition) is 4. The van der Waals surface area contributed by atoms with Crippen molar-refractivity contribution in [3.8, 4) is 0 Å². The summed E-state index contributed by atoms with van der Waals surface area (Å²) < 4.78 is 0.990. The molecule has 1 aromatic heterocycles. The van der Waals surface area contributed by atoms with E-state index >= 15 is 0 Å². The van der Waals surface area contributed by atoms with Crippen molar-refractivity contribution >= 4 is 34.0 Å². The highest BCUT2D eigenvalue weighted by Crippen LogP contribution is 2.30. The van der Waals surface area contributed by atoms with E-state index in [-0.39, 0.29) is 29.1 Å². The topological polar surface area (TPSA) is 113 Å². The monoisotopic (exact) mass is 378 g/mol. The third-order valence-electron chi connectivity index (χ3n) is 4.57. The Kier molecular flexibility index (Phi) is 4.52. The van der Waals surface area contributed by atoms with Gasteiger partial charge >= 0.3 is 0 Å². The molecule has 28 heavy (non-hydrogen) atoms. The number of anilines is 2. The minimum Gasteiger partial charge on any atom is -0.326 e. The number of benzene rings is 2. The molecule has 0 unspecified atom stereocenters. The quantitative estimate of drug-likeness (QED) is 0.627. The molecule has 0 radical (unpaired) electrons. The highest BCUT2D eigenvalue weighted by atomic mass is 16.2. The van der Waals surface area contributed by atoms with E-state index in [2.05, 4.69) is 15.7 Å². The van der Waals surface area contributed by atoms with E-state index in [0.29, 0.717) is 11.4 Å². The summed E-state index contributed by atoms with van der Waals surface area (Å²) in [5.74, 6) is -0.332. The number of rotatable bonds is 5. The summed E-state index contributed by atoms with van der Waals surface area (Å²) in [5.41, 5.74) is 0.304. The lowest BCUT2D eigenvalue weighted by Gasteiger charge is -2.09. The Labute approximate surface area is 159 Å². The first-order valence-electron chi connectivity index (χ1n) is 8.94. The molecule has 1 fully saturated rings. The van der Waals surface area contributed by atoms with Gasteiger partial charge in [0.25, 0.3) is 11.1 Å². The van der Waals surface area contributed by atoms with E-state index in [4.69, 9.17) is 0 Å². The molecule has 8 nitrogen and oxygen atoms in total. The fraction of sp³-hybridized carbons (Fsp3) is 0.200. The third kappa shape index (κ3) is 3.71. The molecule has 0 aliphatic heterocycles. The van der Waals surface area contributed by atoms with Crippen molar-refractivity contribution in [3.63, 3.8) is 0 Å². The summed E-state index contributed by atoms with van der Waals surface area (Å²) in [7, 11) is 0. The number of nitrogens with zero attached hydrogens (tertiary/aromatic N) is 1. The number of amides is 2. The maximum absolute atomic E-state index is 12.4. The standard InChI is InChI=1S/C20H18N4O4/c25-17(11-24-20(28)16-4-2-1-3-15(16)19(27)23-24)21-13-7-9-14(10-8-13)22-18(26)12-5-6-12/h1-4,7-10,12H,5-6,11H2,(H,21,25)(H,22,26)(H,23,27). The molecule has 0 bridgehead atoms. The van der Waals surface area contributed by atoms with Crippen molar-refractivity contribution < 1.29 is 9.59 Å². The summed E-state index contributed by atoms with van der Waals surface area (Å²) in [5, 5.41) is 8.45. The first kappa shape index (κ1) is 17.7. The van der Waals surface area contributed by atoms with Crippen LogP contribution in [0.4, 0.5) is 11.4 Å². The Bertz CT molecular complexity index is 1170. The first-order chi connectivity index (χ1) is 13.5. The van der Waals surface area contributed by atoms with Crippen molar-refractivity contribution in [1.29, 1.82) is 0 Å². The number of carbonyl (C=O) groups excluding carboxylic acids is 2. The predicted molar refractivity (Wildman–Crippen MR) is 105 cm³/mol. The van der Waals surface area contributed by atoms with Gasteiger partial charge in [0.15, 0.2) is 0 Å². The zero-order valence-corrected chi connectivity index (χ0v) is 14.9. The fourth-order valence-electron chi connectivity index (χ4n) is 2.93. The predicted octanol–water partition coefficient (Wildman–Crippen LogP) is 1.68. The smallest absolute Gasteiger partial charge is 0.273 e. The molecule has 0 spiro atoms. The molecule has 3 N–H and O–H groups in total. The van der Waals surface area contributed by atoms with Gasteiger partial charge in [-0.2, -0.15) is 0 Å². The zero-order valence-electron chi connectivity index (χ0n) is 14.9. The van der Waals surface area contributed by atoms with Crippen molar-refractivity contribution in [2.45, 2.75) is 19.4 Å². The molecule has 2 amide bonds. The normalized spacial score (nSPS) is 13.3. The highest BCUT2D eigenvalue weighted by Gasteiger charge is 2.29. The van der Waals surface area contributed by atoms with Crippen molar-refractivity contribution in [3.05, 3.63) is 69.2 Å². The number of aromatic amines is 1. The second-order valence-electron chi connectivity index (χ2n) is 6.77. The minimum absolute atomic E-state index is 0.0106. The Hall–Kier alpha value is -3.68. The number of nitrogens with one attached hydrogen (secondary N) is 3. The Morgan fingerprint density at radius 1 is 0.929 bits per heavy atom. The lowest BCUT2D eigenvalue weighted by molar-refractivity contribution is -0.118. The molecule has 0 atom stereocenters. The average molecular weight is 378 g/mol. The lowest BCUT2D eigenvalue weighted by atomic mass is 10.2. The van der Waals surface area contributed by atoms with Crippen LogP contribution in [0.2, 0.25) is 0 Å². The first-order valence-corrected chi connectivity index (χ1v) is 8.94. The lowest BCUT2D eigenvalue weighted by Crippen LogP contribution is -2.34. The molecule has 1 aliphatic rings. The summed E-state index contributed by atoms with van der Waals surface area (Å²) >= 11 is 0. The fourth-order valence-corrected chi connectivity index (χ4v) is 2.93. The second kappa shape index (κ2) is 7.15. The van der Waals surface area contributed by atoms with E-state index in [1.807, 2.05) is 0 Å². The van der Waals surface area contributed by atoms with Gasteiger partial charge < -0.3 is 10.6 Å². The van der Waals surface area contributed by atoms with Gasteiger partial charge in [0, 0.05) is 17.3 Å². The largest absolute Gasteiger partial charge is 0.326 e. The minimum atomic E-state index is -0.456. The van der Waals surface area contributed by atoms with Crippen LogP contribution >= 0.6 is 0 Å². The van der Waals surface area contributed by atoms with Crippen LogP contribution in [0.15, 0.2) is 58.1 Å². The van der Waals surface area contributed by atoms with E-state index in [0.717, 1.165) is 17.5 Å². The van der Waals surface area contributed by atoms with E-state index in [1.54, 1.807) is 48.5 Å². The number of fused-ring (bicyclic) bond motifs is 1. The van der Waals surface area contributed by atoms with Crippen molar-refractivity contribution in [2.75, 3.05) is 10.6 Å². The van der Waals surface area contributed by atoms with Gasteiger partial charge in [-0.1, -0.05) is 12.1 Å². The Morgan fingerprint density at radius 3 is 2.18 bits per heavy atom. The molecule has 3 aromatic rings. The molecular formula is C20H18N4O4. The molecular weight excluding hydrogens is 360 g/mol. The maximum Gasteiger partial charge on any atom is 0.273 e. The molecule has 1 aliphatic carbocycles. The van der Waals surface area contributed by atoms with Crippen molar-refractivity contribution in [2.24, 2.45) is 5.92 Å². The van der Waals surface area contributed by atoms with Gasteiger partial charge in [-0.3, -0.25) is 24.3 Å². The van der Waals surface area contributed by atoms with Gasteiger partial charge in [0.05, 0.1) is 10.8 Å². The summed E-state index contributed by atoms with van der Waals surface area (Å²) in [6.07, 6.45) is 1.85. The maximum atomic E-state index is 12.4. The van der Waals surface area contributed by atoms with Gasteiger partial charge in [-0.15, -0.1) is 0 Å². The third-order valence-corrected chi connectivity index (χ3v) is 4.57. The number of hydrogen-bond donors (Lipinski definition) is 3. The molecule has 2 aromatic carbocycles. The van der Waals surface area contributed by atoms with Crippen LogP contribution in [0.3, 0.4) is 0 Å². The van der Waals surface area contributed by atoms with Crippen LogP contribution in [0.5, 0.6) is 0 Å². The van der Waals surface area contributed by atoms with E-state index < -0.39 is 17.0 Å². The van der Waals surface area contributed by atoms with Crippen LogP contribution < -0.4 is 21.8 Å². The highest BCUT2D eigenvalue weighted by molar-refractivity contribution is 5.95. The molecule has 8 heteroatoms. The average Bonchev–Trinajstić information content (AvgIpc) is 3.53. The SMILES string of the molecule is O=C(Cn1[nH]c(=O)c2ccccc2c1=O)Nc1ccc(NC(=O)C2CC2)cc1. The van der Waals surface area contributed by atoms with E-state index in [9.17, 15) is 19.2 Å². The summed E-state index contributed by atoms with van der Waals surface area (Å²) in [6, 6.07) is 13.2. The van der Waals surface area contributed by atoms with Crippen LogP contribution in [-0.2, 0) is 16.1 Å². The Morgan fingerprint density at radius 2 is 1.54 bits per heavy atom. The van der Waals surface area contributed by atoms with Crippen LogP contribution in [0, 0.1) is 5.92 Å².